The lowest BCUT2D eigenvalue weighted by molar-refractivity contribution is 0.0215. The Hall–Kier alpha value is -1.04. The Morgan fingerprint density at radius 3 is 2.43 bits per heavy atom. The van der Waals surface area contributed by atoms with E-state index in [1.54, 1.807) is 0 Å². The van der Waals surface area contributed by atoms with Gasteiger partial charge in [0.25, 0.3) is 0 Å². The van der Waals surface area contributed by atoms with Crippen LogP contribution in [-0.2, 0) is 0 Å². The first-order valence-corrected chi connectivity index (χ1v) is 7.46. The fourth-order valence-electron chi connectivity index (χ4n) is 2.90. The Bertz CT molecular complexity index is 467. The maximum Gasteiger partial charge on any atom is 0.159 e. The van der Waals surface area contributed by atoms with Crippen LogP contribution in [0.2, 0.25) is 0 Å². The number of aliphatic hydroxyl groups is 2. The van der Waals surface area contributed by atoms with Crippen molar-refractivity contribution < 1.29 is 19.0 Å². The molecule has 0 aromatic heterocycles. The Labute approximate surface area is 124 Å². The molecule has 0 radical (unpaired) electrons. The zero-order chi connectivity index (χ0) is 15.5. The third-order valence-corrected chi connectivity index (χ3v) is 4.76. The molecule has 0 bridgehead atoms. The van der Waals surface area contributed by atoms with Crippen LogP contribution in [-0.4, -0.2) is 41.4 Å². The average molecular weight is 299 g/mol. The number of nitrogens with zero attached hydrogens (tertiary/aromatic N) is 1. The number of piperidine rings is 1. The Kier molecular flexibility index (Phi) is 5.30. The molecule has 1 unspecified atom stereocenters. The van der Waals surface area contributed by atoms with Crippen LogP contribution >= 0.6 is 0 Å². The molecule has 1 aromatic carbocycles. The van der Waals surface area contributed by atoms with Crippen LogP contribution < -0.4 is 0 Å². The fraction of sp³-hybridized carbons (Fsp3) is 0.625. The van der Waals surface area contributed by atoms with E-state index in [9.17, 15) is 19.0 Å². The summed E-state index contributed by atoms with van der Waals surface area (Å²) in [7, 11) is 0. The number of rotatable bonds is 5. The summed E-state index contributed by atoms with van der Waals surface area (Å²) in [6.45, 7) is 4.28. The molecule has 3 nitrogen and oxygen atoms in total. The van der Waals surface area contributed by atoms with Crippen molar-refractivity contribution in [3.8, 4) is 0 Å². The van der Waals surface area contributed by atoms with E-state index in [4.69, 9.17) is 0 Å². The number of hydrogen-bond donors (Lipinski definition) is 2. The molecule has 2 rings (SSSR count). The monoisotopic (exact) mass is 299 g/mol. The highest BCUT2D eigenvalue weighted by Crippen LogP contribution is 2.34. The largest absolute Gasteiger partial charge is 0.396 e. The third-order valence-electron chi connectivity index (χ3n) is 4.76. The summed E-state index contributed by atoms with van der Waals surface area (Å²) in [5.41, 5.74) is 0.395. The van der Waals surface area contributed by atoms with Crippen LogP contribution in [0.5, 0.6) is 0 Å². The predicted molar refractivity (Wildman–Crippen MR) is 76.8 cm³/mol. The van der Waals surface area contributed by atoms with E-state index < -0.39 is 17.7 Å². The molecule has 1 aliphatic heterocycles. The second-order valence-electron chi connectivity index (χ2n) is 6.00. The smallest absolute Gasteiger partial charge is 0.159 e. The Balaban J connectivity index is 1.92. The highest BCUT2D eigenvalue weighted by atomic mass is 19.2. The molecule has 1 fully saturated rings. The minimum absolute atomic E-state index is 0.00341. The van der Waals surface area contributed by atoms with E-state index in [1.807, 2.05) is 0 Å². The standard InChI is InChI=1S/C16H23F2NO2/c1-2-16(11-20)5-7-19(8-6-16)10-15(21)12-3-4-13(17)14(18)9-12/h3-4,9,15,20-21H,2,5-8,10-11H2,1H3. The van der Waals surface area contributed by atoms with Crippen molar-refractivity contribution in [1.82, 2.24) is 4.90 Å². The quantitative estimate of drug-likeness (QED) is 0.878. The van der Waals surface area contributed by atoms with Gasteiger partial charge in [0.2, 0.25) is 0 Å². The second kappa shape index (κ2) is 6.81. The van der Waals surface area contributed by atoms with Crippen molar-refractivity contribution in [2.24, 2.45) is 5.41 Å². The van der Waals surface area contributed by atoms with Crippen molar-refractivity contribution in [3.63, 3.8) is 0 Å². The summed E-state index contributed by atoms with van der Waals surface area (Å²) in [6, 6.07) is 3.50. The summed E-state index contributed by atoms with van der Waals surface area (Å²) in [4.78, 5) is 2.11. The summed E-state index contributed by atoms with van der Waals surface area (Å²) in [5.74, 6) is -1.84. The van der Waals surface area contributed by atoms with Gasteiger partial charge in [-0.15, -0.1) is 0 Å². The van der Waals surface area contributed by atoms with Gasteiger partial charge in [-0.25, -0.2) is 8.78 Å². The lowest BCUT2D eigenvalue weighted by atomic mass is 9.77. The molecule has 2 N–H and O–H groups in total. The van der Waals surface area contributed by atoms with Crippen LogP contribution in [0.25, 0.3) is 0 Å². The molecule has 0 aliphatic carbocycles. The molecular formula is C16H23F2NO2. The van der Waals surface area contributed by atoms with E-state index in [0.717, 1.165) is 44.5 Å². The normalized spacial score (nSPS) is 20.4. The number of aliphatic hydroxyl groups excluding tert-OH is 2. The van der Waals surface area contributed by atoms with E-state index in [2.05, 4.69) is 11.8 Å². The van der Waals surface area contributed by atoms with E-state index in [0.29, 0.717) is 12.1 Å². The van der Waals surface area contributed by atoms with Crippen molar-refractivity contribution in [2.75, 3.05) is 26.2 Å². The summed E-state index contributed by atoms with van der Waals surface area (Å²) >= 11 is 0. The van der Waals surface area contributed by atoms with Crippen molar-refractivity contribution in [1.29, 1.82) is 0 Å². The topological polar surface area (TPSA) is 43.7 Å². The first-order valence-electron chi connectivity index (χ1n) is 7.46. The lowest BCUT2D eigenvalue weighted by Crippen LogP contribution is -2.43. The molecular weight excluding hydrogens is 276 g/mol. The molecule has 5 heteroatoms. The van der Waals surface area contributed by atoms with Gasteiger partial charge in [0.15, 0.2) is 11.6 Å². The van der Waals surface area contributed by atoms with Gasteiger partial charge in [0.1, 0.15) is 0 Å². The van der Waals surface area contributed by atoms with Crippen molar-refractivity contribution in [2.45, 2.75) is 32.3 Å². The first-order chi connectivity index (χ1) is 9.99. The van der Waals surface area contributed by atoms with Gasteiger partial charge in [-0.3, -0.25) is 0 Å². The van der Waals surface area contributed by atoms with Gasteiger partial charge in [-0.05, 0) is 55.5 Å². The molecule has 1 saturated heterocycles. The van der Waals surface area contributed by atoms with Crippen molar-refractivity contribution in [3.05, 3.63) is 35.4 Å². The highest BCUT2D eigenvalue weighted by molar-refractivity contribution is 5.20. The zero-order valence-corrected chi connectivity index (χ0v) is 12.4. The van der Waals surface area contributed by atoms with Crippen LogP contribution in [0.1, 0.15) is 37.9 Å². The second-order valence-corrected chi connectivity index (χ2v) is 6.00. The molecule has 0 saturated carbocycles. The van der Waals surface area contributed by atoms with Gasteiger partial charge in [-0.2, -0.15) is 0 Å². The molecule has 1 heterocycles. The first kappa shape index (κ1) is 16.3. The number of halogens is 2. The maximum atomic E-state index is 13.2. The van der Waals surface area contributed by atoms with Gasteiger partial charge in [0, 0.05) is 13.2 Å². The lowest BCUT2D eigenvalue weighted by Gasteiger charge is -2.40. The van der Waals surface area contributed by atoms with Crippen LogP contribution in [0.4, 0.5) is 8.78 Å². The van der Waals surface area contributed by atoms with Crippen LogP contribution in [0, 0.1) is 17.0 Å². The fourth-order valence-corrected chi connectivity index (χ4v) is 2.90. The molecule has 21 heavy (non-hydrogen) atoms. The minimum Gasteiger partial charge on any atom is -0.396 e. The van der Waals surface area contributed by atoms with E-state index in [-0.39, 0.29) is 12.0 Å². The zero-order valence-electron chi connectivity index (χ0n) is 12.4. The Morgan fingerprint density at radius 2 is 1.90 bits per heavy atom. The SMILES string of the molecule is CCC1(CO)CCN(CC(O)c2ccc(F)c(F)c2)CC1. The number of hydrogen-bond acceptors (Lipinski definition) is 3. The van der Waals surface area contributed by atoms with E-state index >= 15 is 0 Å². The van der Waals surface area contributed by atoms with Gasteiger partial charge < -0.3 is 15.1 Å². The highest BCUT2D eigenvalue weighted by Gasteiger charge is 2.32. The maximum absolute atomic E-state index is 13.2. The van der Waals surface area contributed by atoms with Gasteiger partial charge in [-0.1, -0.05) is 13.0 Å². The van der Waals surface area contributed by atoms with Gasteiger partial charge in [0.05, 0.1) is 6.10 Å². The third kappa shape index (κ3) is 3.78. The van der Waals surface area contributed by atoms with Crippen LogP contribution in [0.15, 0.2) is 18.2 Å². The van der Waals surface area contributed by atoms with Crippen molar-refractivity contribution >= 4 is 0 Å². The summed E-state index contributed by atoms with van der Waals surface area (Å²) in [5, 5.41) is 19.7. The molecule has 1 atom stereocenters. The summed E-state index contributed by atoms with van der Waals surface area (Å²) in [6.07, 6.45) is 1.90. The summed E-state index contributed by atoms with van der Waals surface area (Å²) < 4.78 is 26.1. The number of β-amino-alcohol motifs (C(OH)–C–C–N with tert-alkyl or cyclic N) is 1. The molecule has 0 spiro atoms. The van der Waals surface area contributed by atoms with Gasteiger partial charge >= 0.3 is 0 Å². The number of benzene rings is 1. The molecule has 1 aromatic rings. The van der Waals surface area contributed by atoms with Crippen LogP contribution in [0.3, 0.4) is 0 Å². The minimum atomic E-state index is -0.935. The number of likely N-dealkylation sites (tertiary alicyclic amines) is 1. The van der Waals surface area contributed by atoms with E-state index in [1.165, 1.54) is 6.07 Å². The molecule has 0 amide bonds. The predicted octanol–water partition coefficient (Wildman–Crippen LogP) is 2.48. The molecule has 1 aliphatic rings. The Morgan fingerprint density at radius 1 is 1.24 bits per heavy atom. The molecule has 118 valence electrons. The average Bonchev–Trinajstić information content (AvgIpc) is 2.51.